The second-order valence-corrected chi connectivity index (χ2v) is 2.62. The summed E-state index contributed by atoms with van der Waals surface area (Å²) in [5.74, 6) is 0. The Morgan fingerprint density at radius 1 is 1.64 bits per heavy atom. The van der Waals surface area contributed by atoms with E-state index in [0.717, 1.165) is 13.7 Å². The number of aromatic nitrogens is 2. The molecule has 80 valence electrons. The maximum atomic E-state index is 9.15. The lowest BCUT2D eigenvalue weighted by Gasteiger charge is -1.96. The molecule has 14 heavy (non-hydrogen) atoms. The van der Waals surface area contributed by atoms with E-state index in [9.17, 15) is 0 Å². The van der Waals surface area contributed by atoms with Crippen molar-refractivity contribution < 1.29 is 14.6 Å². The number of carboxylic acid groups (broad SMARTS) is 1. The molecule has 0 amide bonds. The molecule has 1 aromatic rings. The van der Waals surface area contributed by atoms with E-state index in [1.54, 1.807) is 0 Å². The van der Waals surface area contributed by atoms with Crippen molar-refractivity contribution >= 4 is 6.16 Å². The highest BCUT2D eigenvalue weighted by Gasteiger charge is 1.85. The maximum Gasteiger partial charge on any atom is 0.505 e. The van der Waals surface area contributed by atoms with E-state index < -0.39 is 6.16 Å². The van der Waals surface area contributed by atoms with Gasteiger partial charge in [0.05, 0.1) is 13.4 Å². The number of rotatable bonds is 3. The van der Waals surface area contributed by atoms with Crippen LogP contribution in [0.4, 0.5) is 4.79 Å². The molecule has 5 nitrogen and oxygen atoms in total. The zero-order chi connectivity index (χ0) is 10.8. The van der Waals surface area contributed by atoms with Crippen molar-refractivity contribution in [3.05, 3.63) is 18.7 Å². The Hall–Kier alpha value is -1.52. The van der Waals surface area contributed by atoms with Gasteiger partial charge in [-0.15, -0.1) is 0 Å². The van der Waals surface area contributed by atoms with E-state index in [1.807, 2.05) is 18.7 Å². The lowest BCUT2D eigenvalue weighted by atomic mass is 10.3. The van der Waals surface area contributed by atoms with E-state index in [2.05, 4.69) is 21.2 Å². The monoisotopic (exact) mass is 200 g/mol. The third-order valence-corrected chi connectivity index (χ3v) is 1.50. The maximum absolute atomic E-state index is 9.15. The van der Waals surface area contributed by atoms with Crippen molar-refractivity contribution in [3.63, 3.8) is 0 Å². The fourth-order valence-corrected chi connectivity index (χ4v) is 0.760. The molecule has 0 aliphatic rings. The molecule has 0 atom stereocenters. The topological polar surface area (TPSA) is 64.4 Å². The van der Waals surface area contributed by atoms with Crippen LogP contribution in [-0.4, -0.2) is 27.9 Å². The lowest BCUT2D eigenvalue weighted by molar-refractivity contribution is 0.114. The fourth-order valence-electron chi connectivity index (χ4n) is 0.760. The molecule has 5 heteroatoms. The van der Waals surface area contributed by atoms with Gasteiger partial charge in [0, 0.05) is 18.9 Å². The summed E-state index contributed by atoms with van der Waals surface area (Å²) in [4.78, 5) is 13.1. The molecule has 0 aliphatic carbocycles. The van der Waals surface area contributed by atoms with Crippen molar-refractivity contribution in [2.45, 2.75) is 26.3 Å². The molecule has 0 saturated heterocycles. The first kappa shape index (κ1) is 12.5. The molecular formula is C9H16N2O3. The number of methoxy groups -OCH3 is 1. The van der Waals surface area contributed by atoms with Crippen molar-refractivity contribution in [2.24, 2.45) is 0 Å². The van der Waals surface area contributed by atoms with Crippen LogP contribution in [0.15, 0.2) is 18.7 Å². The third kappa shape index (κ3) is 7.15. The standard InChI is InChI=1S/C7H12N2.C2H4O3/c1-2-3-5-9-6-4-8-7-9;1-5-2(3)4/h4,6-7H,2-3,5H2,1H3;1H3,(H,3,4). The van der Waals surface area contributed by atoms with Gasteiger partial charge in [-0.05, 0) is 6.42 Å². The summed E-state index contributed by atoms with van der Waals surface area (Å²) in [6.45, 7) is 3.30. The highest BCUT2D eigenvalue weighted by atomic mass is 16.6. The number of nitrogens with zero attached hydrogens (tertiary/aromatic N) is 2. The molecule has 1 N–H and O–H groups in total. The predicted molar refractivity (Wildman–Crippen MR) is 52.2 cm³/mol. The van der Waals surface area contributed by atoms with Crippen molar-refractivity contribution in [3.8, 4) is 0 Å². The second kappa shape index (κ2) is 8.10. The smallest absolute Gasteiger partial charge is 0.450 e. The van der Waals surface area contributed by atoms with Crippen LogP contribution in [-0.2, 0) is 11.3 Å². The van der Waals surface area contributed by atoms with Gasteiger partial charge >= 0.3 is 6.16 Å². The summed E-state index contributed by atoms with van der Waals surface area (Å²) in [6.07, 6.45) is 6.92. The van der Waals surface area contributed by atoms with E-state index >= 15 is 0 Å². The molecule has 0 fully saturated rings. The minimum absolute atomic E-state index is 1.10. The van der Waals surface area contributed by atoms with Crippen LogP contribution >= 0.6 is 0 Å². The average Bonchev–Trinajstić information content (AvgIpc) is 2.68. The third-order valence-electron chi connectivity index (χ3n) is 1.50. The Balaban J connectivity index is 0.000000292. The Morgan fingerprint density at radius 3 is 2.64 bits per heavy atom. The zero-order valence-electron chi connectivity index (χ0n) is 8.51. The normalized spacial score (nSPS) is 8.71. The summed E-state index contributed by atoms with van der Waals surface area (Å²) in [5, 5.41) is 7.50. The van der Waals surface area contributed by atoms with Crippen molar-refractivity contribution in [1.82, 2.24) is 9.55 Å². The summed E-state index contributed by atoms with van der Waals surface area (Å²) < 4.78 is 5.77. The Kier molecular flexibility index (Phi) is 7.22. The summed E-state index contributed by atoms with van der Waals surface area (Å²) in [6, 6.07) is 0. The highest BCUT2D eigenvalue weighted by Crippen LogP contribution is 1.92. The molecule has 1 heterocycles. The van der Waals surface area contributed by atoms with Gasteiger partial charge < -0.3 is 14.4 Å². The first-order valence-electron chi connectivity index (χ1n) is 4.43. The van der Waals surface area contributed by atoms with E-state index in [1.165, 1.54) is 12.8 Å². The summed E-state index contributed by atoms with van der Waals surface area (Å²) in [7, 11) is 1.10. The van der Waals surface area contributed by atoms with Gasteiger partial charge in [0.25, 0.3) is 0 Å². The predicted octanol–water partition coefficient (Wildman–Crippen LogP) is 1.99. The molecule has 0 aliphatic heterocycles. The van der Waals surface area contributed by atoms with Crippen LogP contribution in [0, 0.1) is 0 Å². The summed E-state index contributed by atoms with van der Waals surface area (Å²) in [5.41, 5.74) is 0. The minimum Gasteiger partial charge on any atom is -0.450 e. The molecular weight excluding hydrogens is 184 g/mol. The Labute approximate surface area is 83.3 Å². The largest absolute Gasteiger partial charge is 0.505 e. The average molecular weight is 200 g/mol. The number of unbranched alkanes of at least 4 members (excludes halogenated alkanes) is 1. The number of hydrogen-bond acceptors (Lipinski definition) is 3. The number of hydrogen-bond donors (Lipinski definition) is 1. The van der Waals surface area contributed by atoms with Gasteiger partial charge in [0.2, 0.25) is 0 Å². The van der Waals surface area contributed by atoms with Gasteiger partial charge in [-0.2, -0.15) is 0 Å². The first-order chi connectivity index (χ1) is 6.70. The highest BCUT2D eigenvalue weighted by molar-refractivity contribution is 5.56. The summed E-state index contributed by atoms with van der Waals surface area (Å²) >= 11 is 0. The first-order valence-corrected chi connectivity index (χ1v) is 4.43. The molecule has 1 aromatic heterocycles. The van der Waals surface area contributed by atoms with Gasteiger partial charge in [-0.3, -0.25) is 0 Å². The second-order valence-electron chi connectivity index (χ2n) is 2.62. The van der Waals surface area contributed by atoms with E-state index in [-0.39, 0.29) is 0 Å². The van der Waals surface area contributed by atoms with Crippen molar-refractivity contribution in [1.29, 1.82) is 0 Å². The van der Waals surface area contributed by atoms with Crippen LogP contribution in [0.5, 0.6) is 0 Å². The molecule has 0 spiro atoms. The van der Waals surface area contributed by atoms with Crippen LogP contribution in [0.2, 0.25) is 0 Å². The quantitative estimate of drug-likeness (QED) is 0.758. The van der Waals surface area contributed by atoms with Gasteiger partial charge in [0.15, 0.2) is 0 Å². The van der Waals surface area contributed by atoms with Gasteiger partial charge in [-0.1, -0.05) is 13.3 Å². The fraction of sp³-hybridized carbons (Fsp3) is 0.556. The van der Waals surface area contributed by atoms with Crippen LogP contribution in [0.3, 0.4) is 0 Å². The molecule has 0 saturated carbocycles. The number of ether oxygens (including phenoxy) is 1. The van der Waals surface area contributed by atoms with Crippen LogP contribution in [0.25, 0.3) is 0 Å². The molecule has 0 radical (unpaired) electrons. The van der Waals surface area contributed by atoms with E-state index in [4.69, 9.17) is 9.90 Å². The lowest BCUT2D eigenvalue weighted by Crippen LogP contribution is -1.92. The Bertz CT molecular complexity index is 234. The zero-order valence-corrected chi connectivity index (χ0v) is 8.51. The van der Waals surface area contributed by atoms with Crippen LogP contribution < -0.4 is 0 Å². The van der Waals surface area contributed by atoms with Crippen molar-refractivity contribution in [2.75, 3.05) is 7.11 Å². The SMILES string of the molecule is CCCCn1ccnc1.COC(=O)O. The van der Waals surface area contributed by atoms with E-state index in [0.29, 0.717) is 0 Å². The molecule has 0 unspecified atom stereocenters. The Morgan fingerprint density at radius 2 is 2.29 bits per heavy atom. The van der Waals surface area contributed by atoms with Crippen LogP contribution in [0.1, 0.15) is 19.8 Å². The molecule has 1 rings (SSSR count). The molecule has 0 aromatic carbocycles. The molecule has 0 bridgehead atoms. The van der Waals surface area contributed by atoms with Gasteiger partial charge in [0.1, 0.15) is 0 Å². The minimum atomic E-state index is -1.25. The number of aryl methyl sites for hydroxylation is 1. The van der Waals surface area contributed by atoms with Gasteiger partial charge in [-0.25, -0.2) is 9.78 Å². The number of carbonyl (C=O) groups is 1. The number of imidazole rings is 1.